The molecule has 10 heteroatoms. The Morgan fingerprint density at radius 2 is 1.73 bits per heavy atom. The Labute approximate surface area is 187 Å². The second-order valence-corrected chi connectivity index (χ2v) is 8.41. The lowest BCUT2D eigenvalue weighted by Crippen LogP contribution is -2.21. The van der Waals surface area contributed by atoms with E-state index in [1.165, 1.54) is 16.4 Å². The van der Waals surface area contributed by atoms with Crippen LogP contribution in [-0.2, 0) is 0 Å². The predicted octanol–water partition coefficient (Wildman–Crippen LogP) is 5.16. The number of rotatable bonds is 5. The smallest absolute Gasteiger partial charge is 0.250 e. The zero-order valence-corrected chi connectivity index (χ0v) is 18.6. The number of thioether (sulfide) groups is 1. The molecule has 2 aromatic carbocycles. The van der Waals surface area contributed by atoms with Crippen LogP contribution in [0.5, 0.6) is 17.2 Å². The lowest BCUT2D eigenvalue weighted by Gasteiger charge is -2.22. The van der Waals surface area contributed by atoms with E-state index in [-0.39, 0.29) is 17.6 Å². The lowest BCUT2D eigenvalue weighted by molar-refractivity contribution is 0.0868. The molecule has 1 aliphatic heterocycles. The van der Waals surface area contributed by atoms with Gasteiger partial charge in [-0.25, -0.2) is 4.98 Å². The van der Waals surface area contributed by atoms with E-state index in [0.29, 0.717) is 43.8 Å². The first-order chi connectivity index (χ1) is 14.4. The molecule has 1 aromatic heterocycles. The normalized spacial score (nSPS) is 15.6. The van der Waals surface area contributed by atoms with E-state index in [1.54, 1.807) is 39.5 Å². The molecule has 1 atom stereocenters. The summed E-state index contributed by atoms with van der Waals surface area (Å²) in [4.78, 5) is 17.3. The van der Waals surface area contributed by atoms with Crippen LogP contribution in [0.15, 0.2) is 35.5 Å². The average molecular weight is 466 g/mol. The highest BCUT2D eigenvalue weighted by atomic mass is 35.5. The number of aromatic nitrogens is 3. The Morgan fingerprint density at radius 3 is 2.33 bits per heavy atom. The van der Waals surface area contributed by atoms with Crippen molar-refractivity contribution >= 4 is 40.9 Å². The second-order valence-electron chi connectivity index (χ2n) is 6.42. The predicted molar refractivity (Wildman–Crippen MR) is 115 cm³/mol. The molecule has 0 bridgehead atoms. The zero-order chi connectivity index (χ0) is 21.4. The molecule has 1 aliphatic rings. The Morgan fingerprint density at radius 1 is 1.03 bits per heavy atom. The van der Waals surface area contributed by atoms with Gasteiger partial charge in [-0.1, -0.05) is 35.0 Å². The van der Waals surface area contributed by atoms with Crippen molar-refractivity contribution in [3.8, 4) is 28.6 Å². The highest BCUT2D eigenvalue weighted by Gasteiger charge is 2.31. The van der Waals surface area contributed by atoms with E-state index in [4.69, 9.17) is 37.4 Å². The quantitative estimate of drug-likeness (QED) is 0.515. The van der Waals surface area contributed by atoms with Gasteiger partial charge in [-0.15, -0.1) is 5.10 Å². The van der Waals surface area contributed by atoms with Crippen LogP contribution in [-0.4, -0.2) is 42.0 Å². The molecule has 0 unspecified atom stereocenters. The molecule has 0 saturated carbocycles. The van der Waals surface area contributed by atoms with Crippen LogP contribution < -0.4 is 14.2 Å². The molecule has 0 radical (unpaired) electrons. The van der Waals surface area contributed by atoms with Crippen molar-refractivity contribution in [3.05, 3.63) is 45.9 Å². The first kappa shape index (κ1) is 20.8. The zero-order valence-electron chi connectivity index (χ0n) is 16.3. The highest BCUT2D eigenvalue weighted by molar-refractivity contribution is 7.99. The van der Waals surface area contributed by atoms with Crippen LogP contribution in [0.3, 0.4) is 0 Å². The van der Waals surface area contributed by atoms with Crippen LogP contribution >= 0.6 is 35.0 Å². The number of ether oxygens (including phenoxy) is 3. The van der Waals surface area contributed by atoms with Gasteiger partial charge in [0.15, 0.2) is 22.5 Å². The molecule has 3 aromatic rings. The molecular weight excluding hydrogens is 449 g/mol. The second kappa shape index (κ2) is 8.37. The van der Waals surface area contributed by atoms with Crippen LogP contribution in [0.25, 0.3) is 11.4 Å². The van der Waals surface area contributed by atoms with Gasteiger partial charge in [0.25, 0.3) is 5.91 Å². The molecule has 0 saturated heterocycles. The Balaban J connectivity index is 1.69. The van der Waals surface area contributed by atoms with Crippen molar-refractivity contribution in [2.75, 3.05) is 21.3 Å². The summed E-state index contributed by atoms with van der Waals surface area (Å²) in [5.74, 6) is 1.82. The van der Waals surface area contributed by atoms with Crippen molar-refractivity contribution in [3.63, 3.8) is 0 Å². The third-order valence-corrected chi connectivity index (χ3v) is 6.60. The van der Waals surface area contributed by atoms with Crippen LogP contribution in [0.4, 0.5) is 0 Å². The van der Waals surface area contributed by atoms with Gasteiger partial charge >= 0.3 is 0 Å². The van der Waals surface area contributed by atoms with Gasteiger partial charge in [-0.3, -0.25) is 4.79 Å². The minimum atomic E-state index is -0.176. The van der Waals surface area contributed by atoms with Gasteiger partial charge in [0.05, 0.1) is 31.4 Å². The molecule has 7 nitrogen and oxygen atoms in total. The summed E-state index contributed by atoms with van der Waals surface area (Å²) >= 11 is 13.5. The van der Waals surface area contributed by atoms with Crippen LogP contribution in [0, 0.1) is 0 Å². The van der Waals surface area contributed by atoms with E-state index in [2.05, 4.69) is 10.1 Å². The summed E-state index contributed by atoms with van der Waals surface area (Å²) in [7, 11) is 4.66. The number of halogens is 2. The van der Waals surface area contributed by atoms with E-state index >= 15 is 0 Å². The monoisotopic (exact) mass is 465 g/mol. The minimum absolute atomic E-state index is 0.152. The van der Waals surface area contributed by atoms with Crippen molar-refractivity contribution < 1.29 is 19.0 Å². The highest BCUT2D eigenvalue weighted by Crippen LogP contribution is 2.47. The third-order valence-electron chi connectivity index (χ3n) is 4.66. The maximum atomic E-state index is 12.8. The Bertz CT molecular complexity index is 1110. The number of methoxy groups -OCH3 is 3. The molecule has 0 fully saturated rings. The number of fused-ring (bicyclic) bond motifs is 1. The van der Waals surface area contributed by atoms with Gasteiger partial charge in [-0.05, 0) is 35.9 Å². The van der Waals surface area contributed by atoms with Gasteiger partial charge < -0.3 is 14.2 Å². The number of nitrogens with zero attached hydrogens (tertiary/aromatic N) is 3. The fraction of sp³-hybridized carbons (Fsp3) is 0.250. The van der Waals surface area contributed by atoms with Gasteiger partial charge in [0.2, 0.25) is 5.75 Å². The molecule has 4 rings (SSSR count). The number of carbonyl (C=O) groups is 1. The summed E-state index contributed by atoms with van der Waals surface area (Å²) in [6.45, 7) is 0. The summed E-state index contributed by atoms with van der Waals surface area (Å²) < 4.78 is 17.6. The van der Waals surface area contributed by atoms with Crippen molar-refractivity contribution in [1.29, 1.82) is 0 Å². The summed E-state index contributed by atoms with van der Waals surface area (Å²) in [6, 6.07) is 8.81. The van der Waals surface area contributed by atoms with E-state index in [0.717, 1.165) is 5.56 Å². The number of hydrogen-bond donors (Lipinski definition) is 0. The average Bonchev–Trinajstić information content (AvgIpc) is 3.19. The van der Waals surface area contributed by atoms with Crippen LogP contribution in [0.2, 0.25) is 10.0 Å². The maximum Gasteiger partial charge on any atom is 0.250 e. The van der Waals surface area contributed by atoms with E-state index in [1.807, 2.05) is 12.1 Å². The largest absolute Gasteiger partial charge is 0.493 e. The number of hydrogen-bond acceptors (Lipinski definition) is 7. The Kier molecular flexibility index (Phi) is 5.81. The Hall–Kier alpha value is -2.42. The molecular formula is C20H17Cl2N3O4S. The minimum Gasteiger partial charge on any atom is -0.493 e. The van der Waals surface area contributed by atoms with Gasteiger partial charge in [0, 0.05) is 17.2 Å². The van der Waals surface area contributed by atoms with Gasteiger partial charge in [0.1, 0.15) is 0 Å². The molecule has 0 amide bonds. The first-order valence-corrected chi connectivity index (χ1v) is 10.5. The van der Waals surface area contributed by atoms with Crippen LogP contribution in [0.1, 0.15) is 22.0 Å². The SMILES string of the molecule is COc1cc([C@H]2CC(=O)n3nc(-c4ccc(Cl)c(Cl)c4)nc3S2)cc(OC)c1OC. The molecule has 0 spiro atoms. The fourth-order valence-electron chi connectivity index (χ4n) is 3.18. The van der Waals surface area contributed by atoms with E-state index in [9.17, 15) is 4.79 Å². The molecule has 30 heavy (non-hydrogen) atoms. The lowest BCUT2D eigenvalue weighted by atomic mass is 10.1. The first-order valence-electron chi connectivity index (χ1n) is 8.87. The summed E-state index contributed by atoms with van der Waals surface area (Å²) in [5, 5.41) is 5.53. The number of carbonyl (C=O) groups excluding carboxylic acids is 1. The number of benzene rings is 2. The molecule has 0 N–H and O–H groups in total. The maximum absolute atomic E-state index is 12.8. The topological polar surface area (TPSA) is 75.5 Å². The van der Waals surface area contributed by atoms with E-state index < -0.39 is 0 Å². The fourth-order valence-corrected chi connectivity index (χ4v) is 4.61. The molecule has 0 aliphatic carbocycles. The van der Waals surface area contributed by atoms with Crippen molar-refractivity contribution in [2.24, 2.45) is 0 Å². The standard InChI is InChI=1S/C20H17Cl2N3O4S/c1-27-14-7-11(8-15(28-2)18(14)29-3)16-9-17(26)25-20(30-16)23-19(24-25)10-4-5-12(21)13(22)6-10/h4-8,16H,9H2,1-3H3/t16-/m1/s1. The van der Waals surface area contributed by atoms with Gasteiger partial charge in [-0.2, -0.15) is 4.68 Å². The molecule has 156 valence electrons. The van der Waals surface area contributed by atoms with Crippen molar-refractivity contribution in [1.82, 2.24) is 14.8 Å². The molecule has 2 heterocycles. The van der Waals surface area contributed by atoms with Crippen molar-refractivity contribution in [2.45, 2.75) is 16.8 Å². The summed E-state index contributed by atoms with van der Waals surface area (Å²) in [5.41, 5.74) is 1.55. The summed E-state index contributed by atoms with van der Waals surface area (Å²) in [6.07, 6.45) is 0.250. The third kappa shape index (κ3) is 3.71.